The second-order valence-corrected chi connectivity index (χ2v) is 7.85. The Morgan fingerprint density at radius 3 is 2.24 bits per heavy atom. The summed E-state index contributed by atoms with van der Waals surface area (Å²) in [6, 6.07) is 0. The molecule has 0 spiro atoms. The normalized spacial score (nSPS) is 13.6. The molecule has 0 aliphatic heterocycles. The zero-order valence-electron chi connectivity index (χ0n) is 11.3. The van der Waals surface area contributed by atoms with E-state index in [9.17, 15) is 13.2 Å². The summed E-state index contributed by atoms with van der Waals surface area (Å²) in [6.45, 7) is 8.80. The Morgan fingerprint density at radius 1 is 1.29 bits per heavy atom. The van der Waals surface area contributed by atoms with Crippen LogP contribution < -0.4 is 5.32 Å². The minimum absolute atomic E-state index is 0.0261. The topological polar surface area (TPSA) is 63.2 Å². The average Bonchev–Trinajstić information content (AvgIpc) is 2.15. The second-order valence-electron chi connectivity index (χ2n) is 4.98. The molecular formula is C12H23NO3S. The van der Waals surface area contributed by atoms with Gasteiger partial charge in [-0.2, -0.15) is 0 Å². The molecule has 100 valence electrons. The fourth-order valence-corrected chi connectivity index (χ4v) is 2.13. The maximum absolute atomic E-state index is 11.8. The molecule has 0 heterocycles. The number of rotatable bonds is 5. The summed E-state index contributed by atoms with van der Waals surface area (Å²) in [5, 5.41) is 2.61. The van der Waals surface area contributed by atoms with E-state index < -0.39 is 14.6 Å². The van der Waals surface area contributed by atoms with E-state index in [1.165, 1.54) is 0 Å². The molecule has 0 aliphatic rings. The Labute approximate surface area is 104 Å². The van der Waals surface area contributed by atoms with Crippen molar-refractivity contribution in [1.29, 1.82) is 0 Å². The van der Waals surface area contributed by atoms with Gasteiger partial charge in [-0.05, 0) is 34.1 Å². The van der Waals surface area contributed by atoms with Crippen LogP contribution in [0.1, 0.15) is 41.0 Å². The Morgan fingerprint density at radius 2 is 1.82 bits per heavy atom. The number of hydrogen-bond acceptors (Lipinski definition) is 3. The van der Waals surface area contributed by atoms with Crippen molar-refractivity contribution in [1.82, 2.24) is 5.32 Å². The van der Waals surface area contributed by atoms with Crippen molar-refractivity contribution < 1.29 is 13.2 Å². The van der Waals surface area contributed by atoms with Crippen LogP contribution in [0.15, 0.2) is 11.6 Å². The van der Waals surface area contributed by atoms with Crippen molar-refractivity contribution in [3.05, 3.63) is 11.6 Å². The van der Waals surface area contributed by atoms with E-state index in [2.05, 4.69) is 5.32 Å². The number of sulfone groups is 1. The van der Waals surface area contributed by atoms with Gasteiger partial charge in [-0.1, -0.05) is 13.0 Å². The van der Waals surface area contributed by atoms with Crippen LogP contribution in [0.4, 0.5) is 0 Å². The molecule has 0 bridgehead atoms. The third kappa shape index (κ3) is 5.35. The molecule has 0 saturated heterocycles. The number of hydrogen-bond donors (Lipinski definition) is 1. The first-order valence-corrected chi connectivity index (χ1v) is 7.44. The minimum Gasteiger partial charge on any atom is -0.351 e. The van der Waals surface area contributed by atoms with Crippen molar-refractivity contribution in [3.63, 3.8) is 0 Å². The van der Waals surface area contributed by atoms with E-state index in [1.807, 2.05) is 13.0 Å². The molecule has 1 amide bonds. The van der Waals surface area contributed by atoms with E-state index >= 15 is 0 Å². The third-order valence-corrected chi connectivity index (χ3v) is 5.07. The fraction of sp³-hybridized carbons (Fsp3) is 0.750. The van der Waals surface area contributed by atoms with Gasteiger partial charge in [-0.3, -0.25) is 4.79 Å². The summed E-state index contributed by atoms with van der Waals surface area (Å²) >= 11 is 0. The molecule has 0 aliphatic carbocycles. The molecule has 5 heteroatoms. The van der Waals surface area contributed by atoms with E-state index in [0.717, 1.165) is 6.42 Å². The summed E-state index contributed by atoms with van der Waals surface area (Å²) < 4.78 is 22.8. The Kier molecular flexibility index (Phi) is 5.88. The van der Waals surface area contributed by atoms with Gasteiger partial charge in [0.1, 0.15) is 0 Å². The Balaban J connectivity index is 4.28. The quantitative estimate of drug-likeness (QED) is 0.766. The number of allylic oxidation sites excluding steroid dienone is 1. The molecule has 0 saturated carbocycles. The van der Waals surface area contributed by atoms with Crippen molar-refractivity contribution in [2.75, 3.05) is 12.3 Å². The van der Waals surface area contributed by atoms with E-state index in [1.54, 1.807) is 27.7 Å². The lowest BCUT2D eigenvalue weighted by Crippen LogP contribution is -2.36. The summed E-state index contributed by atoms with van der Waals surface area (Å²) in [4.78, 5) is 11.5. The molecular weight excluding hydrogens is 238 g/mol. The van der Waals surface area contributed by atoms with Crippen molar-refractivity contribution >= 4 is 15.7 Å². The number of carbonyl (C=O) groups excluding carboxylic acids is 1. The first kappa shape index (κ1) is 16.2. The van der Waals surface area contributed by atoms with Crippen LogP contribution in [0.5, 0.6) is 0 Å². The van der Waals surface area contributed by atoms with Crippen LogP contribution in [-0.4, -0.2) is 31.4 Å². The highest BCUT2D eigenvalue weighted by atomic mass is 32.2. The molecule has 0 aromatic rings. The number of amides is 1. The largest absolute Gasteiger partial charge is 0.351 e. The van der Waals surface area contributed by atoms with Crippen molar-refractivity contribution in [3.8, 4) is 0 Å². The molecule has 0 rings (SSSR count). The van der Waals surface area contributed by atoms with Gasteiger partial charge in [0.15, 0.2) is 9.84 Å². The van der Waals surface area contributed by atoms with E-state index in [4.69, 9.17) is 0 Å². The Bertz CT molecular complexity index is 388. The molecule has 0 atom stereocenters. The summed E-state index contributed by atoms with van der Waals surface area (Å²) in [6.07, 6.45) is 2.60. The fourth-order valence-electron chi connectivity index (χ4n) is 1.14. The highest BCUT2D eigenvalue weighted by Gasteiger charge is 2.28. The van der Waals surface area contributed by atoms with Crippen LogP contribution in [0.2, 0.25) is 0 Å². The summed E-state index contributed by atoms with van der Waals surface area (Å²) in [5.41, 5.74) is 0.626. The Hall–Kier alpha value is -0.840. The lowest BCUT2D eigenvalue weighted by molar-refractivity contribution is -0.117. The van der Waals surface area contributed by atoms with Gasteiger partial charge in [-0.15, -0.1) is 0 Å². The smallest absolute Gasteiger partial charge is 0.246 e. The van der Waals surface area contributed by atoms with Gasteiger partial charge in [0.25, 0.3) is 0 Å². The van der Waals surface area contributed by atoms with E-state index in [-0.39, 0.29) is 18.2 Å². The van der Waals surface area contributed by atoms with Gasteiger partial charge in [0.05, 0.1) is 10.5 Å². The van der Waals surface area contributed by atoms with Crippen molar-refractivity contribution in [2.45, 2.75) is 45.8 Å². The molecule has 0 radical (unpaired) electrons. The van der Waals surface area contributed by atoms with Crippen LogP contribution in [0.25, 0.3) is 0 Å². The molecule has 0 aromatic carbocycles. The van der Waals surface area contributed by atoms with Gasteiger partial charge >= 0.3 is 0 Å². The van der Waals surface area contributed by atoms with Gasteiger partial charge in [0, 0.05) is 12.1 Å². The molecule has 0 aromatic heterocycles. The predicted octanol–water partition coefficient (Wildman–Crippen LogP) is 1.67. The zero-order valence-corrected chi connectivity index (χ0v) is 12.1. The van der Waals surface area contributed by atoms with E-state index in [0.29, 0.717) is 5.57 Å². The first-order valence-electron chi connectivity index (χ1n) is 5.79. The number of nitrogens with one attached hydrogen (secondary N) is 1. The maximum Gasteiger partial charge on any atom is 0.246 e. The zero-order chi connectivity index (χ0) is 13.7. The first-order chi connectivity index (χ1) is 7.62. The van der Waals surface area contributed by atoms with Gasteiger partial charge in [-0.25, -0.2) is 8.42 Å². The summed E-state index contributed by atoms with van der Waals surface area (Å²) in [7, 11) is -3.17. The lowest BCUT2D eigenvalue weighted by atomic mass is 10.2. The molecule has 0 unspecified atom stereocenters. The molecule has 4 nitrogen and oxygen atoms in total. The van der Waals surface area contributed by atoms with Crippen LogP contribution >= 0.6 is 0 Å². The monoisotopic (exact) mass is 261 g/mol. The SMILES string of the molecule is CCC=C(C)C(=O)NCCS(=O)(=O)C(C)(C)C. The highest BCUT2D eigenvalue weighted by molar-refractivity contribution is 7.92. The highest BCUT2D eigenvalue weighted by Crippen LogP contribution is 2.15. The second kappa shape index (κ2) is 6.19. The van der Waals surface area contributed by atoms with Crippen LogP contribution in [0, 0.1) is 0 Å². The average molecular weight is 261 g/mol. The van der Waals surface area contributed by atoms with Gasteiger partial charge < -0.3 is 5.32 Å². The lowest BCUT2D eigenvalue weighted by Gasteiger charge is -2.19. The standard InChI is InChI=1S/C12H23NO3S/c1-6-7-10(2)11(14)13-8-9-17(15,16)12(3,4)5/h7H,6,8-9H2,1-5H3,(H,13,14). The molecule has 1 N–H and O–H groups in total. The predicted molar refractivity (Wildman–Crippen MR) is 70.6 cm³/mol. The van der Waals surface area contributed by atoms with Crippen molar-refractivity contribution in [2.24, 2.45) is 0 Å². The molecule has 17 heavy (non-hydrogen) atoms. The van der Waals surface area contributed by atoms with Gasteiger partial charge in [0.2, 0.25) is 5.91 Å². The maximum atomic E-state index is 11.8. The van der Waals surface area contributed by atoms with Crippen LogP contribution in [0.3, 0.4) is 0 Å². The number of carbonyl (C=O) groups is 1. The summed E-state index contributed by atoms with van der Waals surface area (Å²) in [5.74, 6) is -0.224. The molecule has 0 fully saturated rings. The minimum atomic E-state index is -3.17. The third-order valence-electron chi connectivity index (χ3n) is 2.46. The van der Waals surface area contributed by atoms with Crippen LogP contribution in [-0.2, 0) is 14.6 Å².